The number of nitrogens with one attached hydrogen (secondary N) is 3. The molecule has 2 heterocycles. The Labute approximate surface area is 163 Å². The van der Waals surface area contributed by atoms with Crippen molar-refractivity contribution in [2.75, 3.05) is 5.32 Å². The molecule has 9 heteroatoms. The summed E-state index contributed by atoms with van der Waals surface area (Å²) in [5.41, 5.74) is 1.69. The standard InChI is InChI=1S/C20H16FN5O3/c21-13-6-2-5-12-16(13)17(25-26-18(12)27)10-7-8-14-15(9-10)23-19(22-14)24-20(28)29-11-3-1-4-11/h2,5-9,11H,1,3-4H2,(H,26,27)(H2,22,23,24,28). The van der Waals surface area contributed by atoms with Crippen LogP contribution in [-0.4, -0.2) is 32.4 Å². The van der Waals surface area contributed by atoms with Crippen LogP contribution < -0.4 is 10.9 Å². The first-order valence-electron chi connectivity index (χ1n) is 9.23. The average molecular weight is 393 g/mol. The quantitative estimate of drug-likeness (QED) is 0.491. The van der Waals surface area contributed by atoms with E-state index in [1.165, 1.54) is 12.1 Å². The maximum absolute atomic E-state index is 14.4. The molecule has 146 valence electrons. The van der Waals surface area contributed by atoms with Crippen LogP contribution in [0.2, 0.25) is 0 Å². The lowest BCUT2D eigenvalue weighted by Crippen LogP contribution is -2.28. The molecule has 2 aromatic heterocycles. The zero-order valence-electron chi connectivity index (χ0n) is 15.2. The van der Waals surface area contributed by atoms with Gasteiger partial charge in [-0.1, -0.05) is 12.1 Å². The van der Waals surface area contributed by atoms with E-state index in [0.29, 0.717) is 22.3 Å². The number of hydrogen-bond donors (Lipinski definition) is 3. The third kappa shape index (κ3) is 3.10. The van der Waals surface area contributed by atoms with Gasteiger partial charge in [0.1, 0.15) is 17.6 Å². The summed E-state index contributed by atoms with van der Waals surface area (Å²) >= 11 is 0. The van der Waals surface area contributed by atoms with Gasteiger partial charge in [0.2, 0.25) is 5.95 Å². The summed E-state index contributed by atoms with van der Waals surface area (Å²) in [6, 6.07) is 9.51. The van der Waals surface area contributed by atoms with Crippen LogP contribution in [0.4, 0.5) is 15.1 Å². The van der Waals surface area contributed by atoms with Crippen molar-refractivity contribution in [3.8, 4) is 11.3 Å². The van der Waals surface area contributed by atoms with Gasteiger partial charge in [-0.2, -0.15) is 5.10 Å². The molecule has 4 aromatic rings. The predicted molar refractivity (Wildman–Crippen MR) is 105 cm³/mol. The average Bonchev–Trinajstić information content (AvgIpc) is 3.07. The van der Waals surface area contributed by atoms with Crippen LogP contribution in [-0.2, 0) is 4.74 Å². The van der Waals surface area contributed by atoms with Crippen LogP contribution in [0.5, 0.6) is 0 Å². The highest BCUT2D eigenvalue weighted by atomic mass is 19.1. The molecule has 5 rings (SSSR count). The smallest absolute Gasteiger partial charge is 0.414 e. The number of rotatable bonds is 3. The van der Waals surface area contributed by atoms with Crippen molar-refractivity contribution in [3.05, 3.63) is 52.6 Å². The molecule has 2 aromatic carbocycles. The van der Waals surface area contributed by atoms with Crippen LogP contribution >= 0.6 is 0 Å². The molecule has 29 heavy (non-hydrogen) atoms. The number of carbonyl (C=O) groups is 1. The number of hydrogen-bond acceptors (Lipinski definition) is 5. The summed E-state index contributed by atoms with van der Waals surface area (Å²) in [6.07, 6.45) is 2.26. The highest BCUT2D eigenvalue weighted by Gasteiger charge is 2.22. The number of aromatic nitrogens is 4. The maximum atomic E-state index is 14.4. The molecule has 1 fully saturated rings. The Morgan fingerprint density at radius 2 is 2.10 bits per heavy atom. The fourth-order valence-corrected chi connectivity index (χ4v) is 3.37. The summed E-state index contributed by atoms with van der Waals surface area (Å²) in [5, 5.41) is 9.41. The van der Waals surface area contributed by atoms with Gasteiger partial charge < -0.3 is 9.72 Å². The first-order valence-corrected chi connectivity index (χ1v) is 9.23. The Balaban J connectivity index is 1.51. The van der Waals surface area contributed by atoms with Crippen LogP contribution in [0.1, 0.15) is 19.3 Å². The van der Waals surface area contributed by atoms with Crippen LogP contribution in [0.25, 0.3) is 33.1 Å². The van der Waals surface area contributed by atoms with E-state index in [4.69, 9.17) is 4.74 Å². The largest absolute Gasteiger partial charge is 0.446 e. The van der Waals surface area contributed by atoms with E-state index in [-0.39, 0.29) is 22.8 Å². The second-order valence-corrected chi connectivity index (χ2v) is 6.96. The minimum atomic E-state index is -0.552. The van der Waals surface area contributed by atoms with Gasteiger partial charge in [0.15, 0.2) is 0 Å². The number of H-pyrrole nitrogens is 2. The molecule has 1 aliphatic rings. The number of nitrogens with zero attached hydrogens (tertiary/aromatic N) is 2. The normalized spacial score (nSPS) is 14.1. The molecule has 0 unspecified atom stereocenters. The Hall–Kier alpha value is -3.75. The highest BCUT2D eigenvalue weighted by Crippen LogP contribution is 2.29. The highest BCUT2D eigenvalue weighted by molar-refractivity contribution is 5.96. The summed E-state index contributed by atoms with van der Waals surface area (Å²) in [6.45, 7) is 0. The second kappa shape index (κ2) is 6.69. The van der Waals surface area contributed by atoms with Crippen LogP contribution in [0.15, 0.2) is 41.2 Å². The molecule has 0 radical (unpaired) electrons. The van der Waals surface area contributed by atoms with E-state index >= 15 is 0 Å². The van der Waals surface area contributed by atoms with E-state index in [0.717, 1.165) is 19.3 Å². The topological polar surface area (TPSA) is 113 Å². The van der Waals surface area contributed by atoms with Gasteiger partial charge >= 0.3 is 6.09 Å². The van der Waals surface area contributed by atoms with Crippen molar-refractivity contribution in [1.82, 2.24) is 20.2 Å². The monoisotopic (exact) mass is 393 g/mol. The number of carbonyl (C=O) groups excluding carboxylic acids is 1. The lowest BCUT2D eigenvalue weighted by molar-refractivity contribution is 0.0623. The SMILES string of the molecule is O=C(Nc1nc2ccc(-c3n[nH]c(=O)c4cccc(F)c34)cc2[nH]1)OC1CCC1. The number of imidazole rings is 1. The van der Waals surface area contributed by atoms with Gasteiger partial charge in [-0.15, -0.1) is 0 Å². The van der Waals surface area contributed by atoms with Gasteiger partial charge in [-0.3, -0.25) is 10.1 Å². The molecule has 0 aliphatic heterocycles. The van der Waals surface area contributed by atoms with Gasteiger partial charge in [0.05, 0.1) is 21.8 Å². The van der Waals surface area contributed by atoms with E-state index in [1.807, 2.05) is 0 Å². The van der Waals surface area contributed by atoms with Crippen molar-refractivity contribution in [1.29, 1.82) is 0 Å². The lowest BCUT2D eigenvalue weighted by atomic mass is 9.96. The van der Waals surface area contributed by atoms with Gasteiger partial charge in [0.25, 0.3) is 5.56 Å². The minimum Gasteiger partial charge on any atom is -0.446 e. The summed E-state index contributed by atoms with van der Waals surface area (Å²) < 4.78 is 19.7. The summed E-state index contributed by atoms with van der Waals surface area (Å²) in [5.74, 6) is -0.270. The molecular weight excluding hydrogens is 377 g/mol. The third-order valence-electron chi connectivity index (χ3n) is 5.07. The molecule has 3 N–H and O–H groups in total. The number of anilines is 1. The van der Waals surface area contributed by atoms with Crippen LogP contribution in [0, 0.1) is 5.82 Å². The zero-order valence-corrected chi connectivity index (χ0v) is 15.2. The number of benzene rings is 2. The van der Waals surface area contributed by atoms with Crippen molar-refractivity contribution in [2.45, 2.75) is 25.4 Å². The number of aromatic amines is 2. The Kier molecular flexibility index (Phi) is 4.01. The Morgan fingerprint density at radius 3 is 2.90 bits per heavy atom. The lowest BCUT2D eigenvalue weighted by Gasteiger charge is -2.24. The van der Waals surface area contributed by atoms with E-state index in [1.54, 1.807) is 24.3 Å². The van der Waals surface area contributed by atoms with Gasteiger partial charge in [0, 0.05) is 5.56 Å². The molecule has 1 amide bonds. The summed E-state index contributed by atoms with van der Waals surface area (Å²) in [7, 11) is 0. The number of ether oxygens (including phenoxy) is 1. The molecule has 0 atom stereocenters. The fraction of sp³-hybridized carbons (Fsp3) is 0.200. The number of amides is 1. The first kappa shape index (κ1) is 17.4. The molecule has 0 saturated heterocycles. The minimum absolute atomic E-state index is 0.0273. The van der Waals surface area contributed by atoms with Crippen molar-refractivity contribution in [2.24, 2.45) is 0 Å². The molecule has 1 saturated carbocycles. The molecule has 1 aliphatic carbocycles. The van der Waals surface area contributed by atoms with Crippen molar-refractivity contribution < 1.29 is 13.9 Å². The van der Waals surface area contributed by atoms with E-state index in [9.17, 15) is 14.0 Å². The fourth-order valence-electron chi connectivity index (χ4n) is 3.37. The second-order valence-electron chi connectivity index (χ2n) is 6.96. The maximum Gasteiger partial charge on any atom is 0.414 e. The third-order valence-corrected chi connectivity index (χ3v) is 5.07. The molecular formula is C20H16FN5O3. The molecule has 0 spiro atoms. The number of fused-ring (bicyclic) bond motifs is 2. The molecule has 0 bridgehead atoms. The zero-order chi connectivity index (χ0) is 20.0. The van der Waals surface area contributed by atoms with Crippen LogP contribution in [0.3, 0.4) is 0 Å². The first-order chi connectivity index (χ1) is 14.1. The predicted octanol–water partition coefficient (Wildman–Crippen LogP) is 3.71. The Morgan fingerprint density at radius 1 is 1.24 bits per heavy atom. The molecule has 8 nitrogen and oxygen atoms in total. The van der Waals surface area contributed by atoms with Crippen molar-refractivity contribution in [3.63, 3.8) is 0 Å². The Bertz CT molecular complexity index is 1310. The van der Waals surface area contributed by atoms with E-state index in [2.05, 4.69) is 25.5 Å². The summed E-state index contributed by atoms with van der Waals surface area (Å²) in [4.78, 5) is 31.2. The van der Waals surface area contributed by atoms with Crippen molar-refractivity contribution >= 4 is 33.8 Å². The number of halogens is 1. The van der Waals surface area contributed by atoms with Gasteiger partial charge in [-0.25, -0.2) is 19.3 Å². The van der Waals surface area contributed by atoms with E-state index < -0.39 is 17.5 Å². The van der Waals surface area contributed by atoms with Gasteiger partial charge in [-0.05, 0) is 43.5 Å².